The summed E-state index contributed by atoms with van der Waals surface area (Å²) in [6, 6.07) is 0.614. The Morgan fingerprint density at radius 2 is 2.07 bits per heavy atom. The van der Waals surface area contributed by atoms with Crippen molar-refractivity contribution in [2.45, 2.75) is 58.4 Å². The lowest BCUT2D eigenvalue weighted by Gasteiger charge is -2.15. The lowest BCUT2D eigenvalue weighted by atomic mass is 10.1. The van der Waals surface area contributed by atoms with E-state index in [1.807, 2.05) is 0 Å². The van der Waals surface area contributed by atoms with Crippen LogP contribution in [0.3, 0.4) is 0 Å². The molecule has 0 aromatic heterocycles. The number of nitrogens with one attached hydrogen (secondary N) is 1. The lowest BCUT2D eigenvalue weighted by Crippen LogP contribution is -2.29. The maximum absolute atomic E-state index is 10.5. The Hall–Kier alpha value is -0.570. The molecule has 0 fully saturated rings. The van der Waals surface area contributed by atoms with E-state index < -0.39 is 0 Å². The summed E-state index contributed by atoms with van der Waals surface area (Å²) in [5.74, 6) is -0.201. The van der Waals surface area contributed by atoms with Crippen LogP contribution in [0, 0.1) is 0 Å². The molecule has 0 radical (unpaired) electrons. The summed E-state index contributed by atoms with van der Waals surface area (Å²) in [6.07, 6.45) is 6.29. The standard InChI is InChI=1S/C11H24N2O/c1-3-5-7-10(4-2)13-9-6-8-11(12)14/h10,13H,3-9H2,1-2H3,(H2,12,14). The van der Waals surface area contributed by atoms with Crippen molar-refractivity contribution in [1.29, 1.82) is 0 Å². The molecule has 0 saturated carbocycles. The zero-order valence-electron chi connectivity index (χ0n) is 9.51. The van der Waals surface area contributed by atoms with Gasteiger partial charge in [-0.05, 0) is 25.8 Å². The molecule has 0 saturated heterocycles. The van der Waals surface area contributed by atoms with Crippen molar-refractivity contribution in [3.05, 3.63) is 0 Å². The maximum atomic E-state index is 10.5. The van der Waals surface area contributed by atoms with E-state index >= 15 is 0 Å². The fourth-order valence-electron chi connectivity index (χ4n) is 1.47. The Kier molecular flexibility index (Phi) is 8.64. The van der Waals surface area contributed by atoms with Crippen LogP contribution in [0.5, 0.6) is 0 Å². The number of rotatable bonds is 9. The SMILES string of the molecule is CCCCC(CC)NCCCC(N)=O. The summed E-state index contributed by atoms with van der Waals surface area (Å²) >= 11 is 0. The summed E-state index contributed by atoms with van der Waals surface area (Å²) in [4.78, 5) is 10.5. The molecular formula is C11H24N2O. The van der Waals surface area contributed by atoms with E-state index in [2.05, 4.69) is 19.2 Å². The zero-order valence-corrected chi connectivity index (χ0v) is 9.51. The van der Waals surface area contributed by atoms with Crippen molar-refractivity contribution in [2.75, 3.05) is 6.54 Å². The van der Waals surface area contributed by atoms with Gasteiger partial charge in [0.1, 0.15) is 0 Å². The monoisotopic (exact) mass is 200 g/mol. The first-order chi connectivity index (χ1) is 6.70. The maximum Gasteiger partial charge on any atom is 0.217 e. The second kappa shape index (κ2) is 9.00. The lowest BCUT2D eigenvalue weighted by molar-refractivity contribution is -0.118. The molecule has 1 amide bonds. The normalized spacial score (nSPS) is 12.7. The molecule has 0 aliphatic heterocycles. The smallest absolute Gasteiger partial charge is 0.217 e. The molecule has 0 aromatic rings. The zero-order chi connectivity index (χ0) is 10.8. The Balaban J connectivity index is 3.37. The van der Waals surface area contributed by atoms with Crippen molar-refractivity contribution >= 4 is 5.91 Å². The van der Waals surface area contributed by atoms with Gasteiger partial charge in [0.25, 0.3) is 0 Å². The number of nitrogens with two attached hydrogens (primary N) is 1. The van der Waals surface area contributed by atoms with E-state index in [9.17, 15) is 4.79 Å². The van der Waals surface area contributed by atoms with E-state index in [0.29, 0.717) is 12.5 Å². The second-order valence-corrected chi connectivity index (χ2v) is 3.77. The van der Waals surface area contributed by atoms with Crippen LogP contribution >= 0.6 is 0 Å². The Morgan fingerprint density at radius 1 is 1.36 bits per heavy atom. The first kappa shape index (κ1) is 13.4. The van der Waals surface area contributed by atoms with Crippen molar-refractivity contribution in [1.82, 2.24) is 5.32 Å². The predicted octanol–water partition coefficient (Wildman–Crippen LogP) is 1.81. The highest BCUT2D eigenvalue weighted by molar-refractivity contribution is 5.73. The molecule has 0 aromatic carbocycles. The number of hydrogen-bond acceptors (Lipinski definition) is 2. The van der Waals surface area contributed by atoms with Crippen LogP contribution in [0.2, 0.25) is 0 Å². The third kappa shape index (κ3) is 8.05. The average Bonchev–Trinajstić information content (AvgIpc) is 2.16. The minimum absolute atomic E-state index is 0.201. The van der Waals surface area contributed by atoms with Gasteiger partial charge in [-0.1, -0.05) is 26.7 Å². The number of carbonyl (C=O) groups excluding carboxylic acids is 1. The van der Waals surface area contributed by atoms with Crippen LogP contribution in [-0.4, -0.2) is 18.5 Å². The van der Waals surface area contributed by atoms with Crippen LogP contribution in [0.4, 0.5) is 0 Å². The largest absolute Gasteiger partial charge is 0.370 e. The summed E-state index contributed by atoms with van der Waals surface area (Å²) in [5, 5.41) is 3.45. The number of amides is 1. The predicted molar refractivity (Wildman–Crippen MR) is 60.0 cm³/mol. The van der Waals surface area contributed by atoms with Crippen molar-refractivity contribution < 1.29 is 4.79 Å². The van der Waals surface area contributed by atoms with Crippen LogP contribution in [0.15, 0.2) is 0 Å². The number of hydrogen-bond donors (Lipinski definition) is 2. The molecule has 0 heterocycles. The molecule has 1 unspecified atom stereocenters. The molecule has 0 aliphatic carbocycles. The molecule has 1 atom stereocenters. The summed E-state index contributed by atoms with van der Waals surface area (Å²) < 4.78 is 0. The molecule has 0 bridgehead atoms. The summed E-state index contributed by atoms with van der Waals surface area (Å²) in [6.45, 7) is 5.31. The van der Waals surface area contributed by atoms with Gasteiger partial charge in [-0.25, -0.2) is 0 Å². The molecule has 84 valence electrons. The molecule has 0 aliphatic rings. The van der Waals surface area contributed by atoms with E-state index in [4.69, 9.17) is 5.73 Å². The fraction of sp³-hybridized carbons (Fsp3) is 0.909. The molecular weight excluding hydrogens is 176 g/mol. The molecule has 14 heavy (non-hydrogen) atoms. The van der Waals surface area contributed by atoms with Gasteiger partial charge >= 0.3 is 0 Å². The Bertz CT molecular complexity index is 148. The molecule has 3 N–H and O–H groups in total. The van der Waals surface area contributed by atoms with E-state index in [1.165, 1.54) is 19.3 Å². The molecule has 0 rings (SSSR count). The number of unbranched alkanes of at least 4 members (excludes halogenated alkanes) is 1. The topological polar surface area (TPSA) is 55.1 Å². The van der Waals surface area contributed by atoms with E-state index in [1.54, 1.807) is 0 Å². The van der Waals surface area contributed by atoms with Crippen LogP contribution in [0.25, 0.3) is 0 Å². The van der Waals surface area contributed by atoms with Crippen molar-refractivity contribution in [3.63, 3.8) is 0 Å². The van der Waals surface area contributed by atoms with Crippen LogP contribution in [0.1, 0.15) is 52.4 Å². The first-order valence-corrected chi connectivity index (χ1v) is 5.72. The van der Waals surface area contributed by atoms with Crippen molar-refractivity contribution in [3.8, 4) is 0 Å². The third-order valence-corrected chi connectivity index (χ3v) is 2.43. The summed E-state index contributed by atoms with van der Waals surface area (Å²) in [5.41, 5.74) is 5.06. The molecule has 3 nitrogen and oxygen atoms in total. The van der Waals surface area contributed by atoms with Gasteiger partial charge < -0.3 is 11.1 Å². The van der Waals surface area contributed by atoms with Crippen LogP contribution < -0.4 is 11.1 Å². The van der Waals surface area contributed by atoms with Gasteiger partial charge in [-0.2, -0.15) is 0 Å². The van der Waals surface area contributed by atoms with Gasteiger partial charge in [0.2, 0.25) is 5.91 Å². The van der Waals surface area contributed by atoms with Crippen LogP contribution in [-0.2, 0) is 4.79 Å². The van der Waals surface area contributed by atoms with E-state index in [0.717, 1.165) is 19.4 Å². The fourth-order valence-corrected chi connectivity index (χ4v) is 1.47. The van der Waals surface area contributed by atoms with Gasteiger partial charge in [0, 0.05) is 12.5 Å². The average molecular weight is 200 g/mol. The minimum atomic E-state index is -0.201. The highest BCUT2D eigenvalue weighted by atomic mass is 16.1. The first-order valence-electron chi connectivity index (χ1n) is 5.72. The molecule has 3 heteroatoms. The van der Waals surface area contributed by atoms with E-state index in [-0.39, 0.29) is 5.91 Å². The highest BCUT2D eigenvalue weighted by Crippen LogP contribution is 2.03. The third-order valence-electron chi connectivity index (χ3n) is 2.43. The van der Waals surface area contributed by atoms with Gasteiger partial charge in [-0.15, -0.1) is 0 Å². The number of primary amides is 1. The second-order valence-electron chi connectivity index (χ2n) is 3.77. The van der Waals surface area contributed by atoms with Crippen molar-refractivity contribution in [2.24, 2.45) is 5.73 Å². The van der Waals surface area contributed by atoms with Gasteiger partial charge in [0.15, 0.2) is 0 Å². The van der Waals surface area contributed by atoms with Gasteiger partial charge in [-0.3, -0.25) is 4.79 Å². The quantitative estimate of drug-likeness (QED) is 0.558. The molecule has 0 spiro atoms. The summed E-state index contributed by atoms with van der Waals surface area (Å²) in [7, 11) is 0. The Morgan fingerprint density at radius 3 is 2.57 bits per heavy atom. The number of carbonyl (C=O) groups is 1. The van der Waals surface area contributed by atoms with Gasteiger partial charge in [0.05, 0.1) is 0 Å². The minimum Gasteiger partial charge on any atom is -0.370 e. The highest BCUT2D eigenvalue weighted by Gasteiger charge is 2.04. The Labute approximate surface area is 87.4 Å².